The molecule has 32 heavy (non-hydrogen) atoms. The van der Waals surface area contributed by atoms with E-state index < -0.39 is 0 Å². The molecule has 0 bridgehead atoms. The van der Waals surface area contributed by atoms with Gasteiger partial charge in [-0.2, -0.15) is 4.98 Å². The van der Waals surface area contributed by atoms with Crippen molar-refractivity contribution in [3.63, 3.8) is 0 Å². The van der Waals surface area contributed by atoms with Crippen molar-refractivity contribution in [2.45, 2.75) is 19.0 Å². The Morgan fingerprint density at radius 3 is 2.88 bits per heavy atom. The summed E-state index contributed by atoms with van der Waals surface area (Å²) < 4.78 is 7.24. The first-order valence-corrected chi connectivity index (χ1v) is 11.0. The maximum atomic E-state index is 13.2. The quantitative estimate of drug-likeness (QED) is 0.510. The van der Waals surface area contributed by atoms with Crippen molar-refractivity contribution >= 4 is 28.7 Å². The monoisotopic (exact) mass is 431 g/mol. The second-order valence-corrected chi connectivity index (χ2v) is 8.74. The first-order chi connectivity index (χ1) is 15.5. The molecule has 0 radical (unpaired) electrons. The number of nitrogens with zero attached hydrogens (tertiary/aromatic N) is 5. The van der Waals surface area contributed by atoms with E-state index in [1.807, 2.05) is 45.8 Å². The van der Waals surface area contributed by atoms with Gasteiger partial charge in [0, 0.05) is 51.0 Å². The molecule has 0 saturated carbocycles. The summed E-state index contributed by atoms with van der Waals surface area (Å²) in [6.07, 6.45) is 3.62. The van der Waals surface area contributed by atoms with E-state index >= 15 is 0 Å². The molecule has 1 unspecified atom stereocenters. The molecule has 2 saturated heterocycles. The van der Waals surface area contributed by atoms with Crippen molar-refractivity contribution in [1.82, 2.24) is 29.5 Å². The predicted molar refractivity (Wildman–Crippen MR) is 121 cm³/mol. The maximum Gasteiger partial charge on any atom is 0.292 e. The molecule has 5 heterocycles. The number of imidazole rings is 1. The molecule has 2 fully saturated rings. The number of oxazole rings is 1. The number of rotatable bonds is 3. The molecule has 9 nitrogen and oxygen atoms in total. The van der Waals surface area contributed by atoms with E-state index in [0.29, 0.717) is 28.9 Å². The maximum absolute atomic E-state index is 13.2. The van der Waals surface area contributed by atoms with Gasteiger partial charge in [-0.1, -0.05) is 6.07 Å². The molecule has 9 heteroatoms. The lowest BCUT2D eigenvalue weighted by Gasteiger charge is -2.47. The average Bonchev–Trinajstić information content (AvgIpc) is 3.34. The SMILES string of the molecule is CC1CN(C2CN(C(=O)c3cnc4ccc(-c5ccc6oc(N)nc6c5)cn34)C2)CCN1. The van der Waals surface area contributed by atoms with Crippen LogP contribution in [0.1, 0.15) is 17.4 Å². The summed E-state index contributed by atoms with van der Waals surface area (Å²) in [5.74, 6) is 0.0220. The zero-order valence-corrected chi connectivity index (χ0v) is 17.9. The number of fused-ring (bicyclic) bond motifs is 2. The Hall–Kier alpha value is -3.43. The number of piperazine rings is 1. The van der Waals surface area contributed by atoms with Crippen LogP contribution in [-0.4, -0.2) is 74.9 Å². The second kappa shape index (κ2) is 7.32. The van der Waals surface area contributed by atoms with Crippen LogP contribution in [0.3, 0.4) is 0 Å². The highest BCUT2D eigenvalue weighted by Gasteiger charge is 2.37. The lowest BCUT2D eigenvalue weighted by Crippen LogP contribution is -2.65. The smallest absolute Gasteiger partial charge is 0.292 e. The van der Waals surface area contributed by atoms with Crippen LogP contribution in [0.2, 0.25) is 0 Å². The lowest BCUT2D eigenvalue weighted by molar-refractivity contribution is 0.0175. The number of nitrogens with one attached hydrogen (secondary N) is 1. The van der Waals surface area contributed by atoms with E-state index in [2.05, 4.69) is 27.1 Å². The third-order valence-electron chi connectivity index (χ3n) is 6.53. The van der Waals surface area contributed by atoms with E-state index in [0.717, 1.165) is 49.5 Å². The van der Waals surface area contributed by atoms with Gasteiger partial charge >= 0.3 is 0 Å². The summed E-state index contributed by atoms with van der Waals surface area (Å²) in [6, 6.07) is 10.8. The fourth-order valence-corrected chi connectivity index (χ4v) is 4.74. The van der Waals surface area contributed by atoms with Crippen molar-refractivity contribution in [3.8, 4) is 11.1 Å². The van der Waals surface area contributed by atoms with Gasteiger partial charge in [-0.05, 0) is 42.3 Å². The number of pyridine rings is 1. The summed E-state index contributed by atoms with van der Waals surface area (Å²) in [4.78, 5) is 26.3. The highest BCUT2D eigenvalue weighted by molar-refractivity contribution is 5.94. The number of likely N-dealkylation sites (tertiary alicyclic amines) is 1. The third-order valence-corrected chi connectivity index (χ3v) is 6.53. The van der Waals surface area contributed by atoms with Crippen LogP contribution in [0, 0.1) is 0 Å². The Bertz CT molecular complexity index is 1320. The first kappa shape index (κ1) is 19.3. The van der Waals surface area contributed by atoms with Crippen molar-refractivity contribution in [1.29, 1.82) is 0 Å². The summed E-state index contributed by atoms with van der Waals surface area (Å²) in [7, 11) is 0. The van der Waals surface area contributed by atoms with Crippen LogP contribution in [0.15, 0.2) is 47.1 Å². The van der Waals surface area contributed by atoms with Crippen LogP contribution in [0.4, 0.5) is 6.01 Å². The molecular weight excluding hydrogens is 406 g/mol. The number of anilines is 1. The van der Waals surface area contributed by atoms with Gasteiger partial charge in [-0.25, -0.2) is 4.98 Å². The predicted octanol–water partition coefficient (Wildman–Crippen LogP) is 1.84. The normalized spacial score (nSPS) is 20.2. The molecule has 3 aromatic heterocycles. The number of hydrogen-bond donors (Lipinski definition) is 2. The van der Waals surface area contributed by atoms with E-state index in [1.54, 1.807) is 6.20 Å². The van der Waals surface area contributed by atoms with Gasteiger partial charge in [0.25, 0.3) is 11.9 Å². The topological polar surface area (TPSA) is 105 Å². The number of carbonyl (C=O) groups is 1. The van der Waals surface area contributed by atoms with Crippen LogP contribution in [0.5, 0.6) is 0 Å². The molecule has 1 aromatic carbocycles. The van der Waals surface area contributed by atoms with Gasteiger partial charge < -0.3 is 20.4 Å². The zero-order valence-electron chi connectivity index (χ0n) is 17.9. The first-order valence-electron chi connectivity index (χ1n) is 11.0. The fraction of sp³-hybridized carbons (Fsp3) is 0.348. The van der Waals surface area contributed by atoms with Crippen LogP contribution in [-0.2, 0) is 0 Å². The molecule has 0 spiro atoms. The van der Waals surface area contributed by atoms with Gasteiger partial charge in [-0.15, -0.1) is 0 Å². The molecule has 1 amide bonds. The summed E-state index contributed by atoms with van der Waals surface area (Å²) >= 11 is 0. The van der Waals surface area contributed by atoms with E-state index in [9.17, 15) is 4.79 Å². The van der Waals surface area contributed by atoms with E-state index in [-0.39, 0.29) is 11.9 Å². The second-order valence-electron chi connectivity index (χ2n) is 8.74. The third kappa shape index (κ3) is 3.21. The molecule has 2 aliphatic heterocycles. The van der Waals surface area contributed by atoms with Crippen molar-refractivity contribution in [2.75, 3.05) is 38.5 Å². The van der Waals surface area contributed by atoms with Gasteiger partial charge in [0.2, 0.25) is 0 Å². The number of hydrogen-bond acceptors (Lipinski definition) is 7. The van der Waals surface area contributed by atoms with E-state index in [1.165, 1.54) is 0 Å². The molecular formula is C23H25N7O2. The van der Waals surface area contributed by atoms with Crippen LogP contribution < -0.4 is 11.1 Å². The zero-order chi connectivity index (χ0) is 21.8. The highest BCUT2D eigenvalue weighted by Crippen LogP contribution is 2.27. The Labute approximate surface area is 184 Å². The summed E-state index contributed by atoms with van der Waals surface area (Å²) in [5.41, 5.74) is 10.3. The molecule has 3 N–H and O–H groups in total. The molecule has 0 aliphatic carbocycles. The molecule has 6 rings (SSSR count). The Kier molecular flexibility index (Phi) is 4.41. The van der Waals surface area contributed by atoms with Gasteiger partial charge in [0.1, 0.15) is 16.9 Å². The van der Waals surface area contributed by atoms with Crippen molar-refractivity contribution in [2.24, 2.45) is 0 Å². The number of nitrogens with two attached hydrogens (primary N) is 1. The average molecular weight is 432 g/mol. The van der Waals surface area contributed by atoms with Gasteiger partial charge in [0.15, 0.2) is 5.58 Å². The minimum atomic E-state index is 0.0220. The lowest BCUT2D eigenvalue weighted by atomic mass is 10.0. The molecule has 1 atom stereocenters. The number of nitrogen functional groups attached to an aromatic ring is 1. The molecule has 2 aliphatic rings. The van der Waals surface area contributed by atoms with Gasteiger partial charge in [-0.3, -0.25) is 14.1 Å². The number of amides is 1. The van der Waals surface area contributed by atoms with E-state index in [4.69, 9.17) is 10.2 Å². The minimum absolute atomic E-state index is 0.0220. The standard InChI is InChI=1S/C23H25N7O2/c1-14-10-28(7-6-25-14)17-12-29(13-17)22(31)19-9-26-21-5-3-16(11-30(19)21)15-2-4-20-18(8-15)27-23(24)32-20/h2-5,8-9,11,14,17,25H,6-7,10,12-13H2,1H3,(H2,24,27). The Morgan fingerprint density at radius 2 is 2.03 bits per heavy atom. The number of carbonyl (C=O) groups excluding carboxylic acids is 1. The molecule has 4 aromatic rings. The van der Waals surface area contributed by atoms with Crippen LogP contribution in [0.25, 0.3) is 27.9 Å². The number of aromatic nitrogens is 3. The minimum Gasteiger partial charge on any atom is -0.424 e. The molecule has 164 valence electrons. The Balaban J connectivity index is 1.24. The van der Waals surface area contributed by atoms with Crippen molar-refractivity contribution in [3.05, 3.63) is 48.4 Å². The van der Waals surface area contributed by atoms with Crippen molar-refractivity contribution < 1.29 is 9.21 Å². The number of benzene rings is 1. The fourth-order valence-electron chi connectivity index (χ4n) is 4.74. The van der Waals surface area contributed by atoms with Crippen LogP contribution >= 0.6 is 0 Å². The van der Waals surface area contributed by atoms with Gasteiger partial charge in [0.05, 0.1) is 6.20 Å². The largest absolute Gasteiger partial charge is 0.424 e. The highest BCUT2D eigenvalue weighted by atomic mass is 16.4. The summed E-state index contributed by atoms with van der Waals surface area (Å²) in [6.45, 7) is 6.82. The summed E-state index contributed by atoms with van der Waals surface area (Å²) in [5, 5.41) is 3.47. The Morgan fingerprint density at radius 1 is 1.19 bits per heavy atom.